The predicted molar refractivity (Wildman–Crippen MR) is 82.4 cm³/mol. The molecule has 0 fully saturated rings. The van der Waals surface area contributed by atoms with E-state index in [1.165, 1.54) is 0 Å². The van der Waals surface area contributed by atoms with E-state index in [4.69, 9.17) is 14.6 Å². The molecule has 122 valence electrons. The fourth-order valence-electron chi connectivity index (χ4n) is 2.01. The Morgan fingerprint density at radius 1 is 1.09 bits per heavy atom. The van der Waals surface area contributed by atoms with Crippen LogP contribution < -0.4 is 14.8 Å². The molecule has 0 aliphatic carbocycles. The van der Waals surface area contributed by atoms with E-state index in [9.17, 15) is 9.59 Å². The molecule has 1 amide bonds. The van der Waals surface area contributed by atoms with Crippen LogP contribution in [-0.4, -0.2) is 37.7 Å². The minimum Gasteiger partial charge on any atom is -0.493 e. The summed E-state index contributed by atoms with van der Waals surface area (Å²) in [6.45, 7) is 0.512. The molecule has 0 saturated carbocycles. The van der Waals surface area contributed by atoms with Gasteiger partial charge in [-0.25, -0.2) is 0 Å². The van der Waals surface area contributed by atoms with E-state index in [2.05, 4.69) is 5.32 Å². The van der Waals surface area contributed by atoms with Crippen LogP contribution in [0.15, 0.2) is 18.2 Å². The van der Waals surface area contributed by atoms with Crippen molar-refractivity contribution < 1.29 is 24.2 Å². The molecule has 0 radical (unpaired) electrons. The Hall–Kier alpha value is -2.24. The highest BCUT2D eigenvalue weighted by atomic mass is 16.5. The number of carboxylic acids is 1. The fraction of sp³-hybridized carbons (Fsp3) is 0.500. The maximum Gasteiger partial charge on any atom is 0.303 e. The van der Waals surface area contributed by atoms with Crippen molar-refractivity contribution in [2.45, 2.75) is 32.1 Å². The number of aliphatic carboxylic acids is 1. The minimum atomic E-state index is -0.806. The van der Waals surface area contributed by atoms with E-state index < -0.39 is 5.97 Å². The lowest BCUT2D eigenvalue weighted by atomic mass is 10.1. The highest BCUT2D eigenvalue weighted by Gasteiger charge is 2.07. The topological polar surface area (TPSA) is 84.9 Å². The van der Waals surface area contributed by atoms with Crippen LogP contribution in [0.4, 0.5) is 0 Å². The van der Waals surface area contributed by atoms with Gasteiger partial charge in [-0.05, 0) is 37.0 Å². The monoisotopic (exact) mass is 309 g/mol. The molecule has 1 rings (SSSR count). The molecular weight excluding hydrogens is 286 g/mol. The summed E-state index contributed by atoms with van der Waals surface area (Å²) < 4.78 is 10.4. The third-order valence-electron chi connectivity index (χ3n) is 3.23. The lowest BCUT2D eigenvalue weighted by Gasteiger charge is -2.09. The van der Waals surface area contributed by atoms with E-state index in [0.717, 1.165) is 5.56 Å². The maximum absolute atomic E-state index is 11.7. The number of unbranched alkanes of at least 4 members (excludes halogenated alkanes) is 1. The Labute approximate surface area is 130 Å². The molecular formula is C16H23NO5. The first kappa shape index (κ1) is 17.8. The van der Waals surface area contributed by atoms with Gasteiger partial charge in [-0.1, -0.05) is 6.07 Å². The number of hydrogen-bond acceptors (Lipinski definition) is 4. The molecule has 0 unspecified atom stereocenters. The van der Waals surface area contributed by atoms with Crippen molar-refractivity contribution in [3.8, 4) is 11.5 Å². The van der Waals surface area contributed by atoms with Gasteiger partial charge in [-0.2, -0.15) is 0 Å². The Morgan fingerprint density at radius 3 is 2.45 bits per heavy atom. The molecule has 0 saturated heterocycles. The zero-order valence-electron chi connectivity index (χ0n) is 13.1. The summed E-state index contributed by atoms with van der Waals surface area (Å²) in [5, 5.41) is 11.3. The Morgan fingerprint density at radius 2 is 1.82 bits per heavy atom. The van der Waals surface area contributed by atoms with Gasteiger partial charge in [0.15, 0.2) is 11.5 Å². The third-order valence-corrected chi connectivity index (χ3v) is 3.23. The van der Waals surface area contributed by atoms with Crippen LogP contribution >= 0.6 is 0 Å². The Balaban J connectivity index is 2.30. The quantitative estimate of drug-likeness (QED) is 0.646. The average molecular weight is 309 g/mol. The second-order valence-electron chi connectivity index (χ2n) is 4.89. The Bertz CT molecular complexity index is 501. The number of benzene rings is 1. The van der Waals surface area contributed by atoms with Crippen LogP contribution in [0.5, 0.6) is 11.5 Å². The zero-order chi connectivity index (χ0) is 16.4. The molecule has 0 aliphatic heterocycles. The van der Waals surface area contributed by atoms with Crippen molar-refractivity contribution >= 4 is 11.9 Å². The number of ether oxygens (including phenoxy) is 2. The van der Waals surface area contributed by atoms with Gasteiger partial charge in [-0.3, -0.25) is 9.59 Å². The van der Waals surface area contributed by atoms with Gasteiger partial charge >= 0.3 is 5.97 Å². The van der Waals surface area contributed by atoms with Crippen molar-refractivity contribution in [1.82, 2.24) is 5.32 Å². The van der Waals surface area contributed by atoms with E-state index in [1.54, 1.807) is 14.2 Å². The number of carbonyl (C=O) groups is 2. The van der Waals surface area contributed by atoms with Gasteiger partial charge < -0.3 is 19.9 Å². The fourth-order valence-corrected chi connectivity index (χ4v) is 2.01. The molecule has 2 N–H and O–H groups in total. The number of nitrogens with one attached hydrogen (secondary N) is 1. The minimum absolute atomic E-state index is 0.0369. The second-order valence-corrected chi connectivity index (χ2v) is 4.89. The number of methoxy groups -OCH3 is 2. The number of carbonyl (C=O) groups excluding carboxylic acids is 1. The summed E-state index contributed by atoms with van der Waals surface area (Å²) in [5.41, 5.74) is 0.999. The summed E-state index contributed by atoms with van der Waals surface area (Å²) in [4.78, 5) is 22.1. The van der Waals surface area contributed by atoms with Gasteiger partial charge in [0.25, 0.3) is 0 Å². The van der Waals surface area contributed by atoms with E-state index >= 15 is 0 Å². The first-order chi connectivity index (χ1) is 10.6. The predicted octanol–water partition coefficient (Wildman–Crippen LogP) is 2.01. The largest absolute Gasteiger partial charge is 0.493 e. The summed E-state index contributed by atoms with van der Waals surface area (Å²) in [6.07, 6.45) is 2.39. The summed E-state index contributed by atoms with van der Waals surface area (Å²) in [5.74, 6) is 0.466. The van der Waals surface area contributed by atoms with Crippen molar-refractivity contribution in [2.75, 3.05) is 20.8 Å². The van der Waals surface area contributed by atoms with E-state index in [-0.39, 0.29) is 12.3 Å². The number of aryl methyl sites for hydroxylation is 1. The molecule has 0 spiro atoms. The first-order valence-corrected chi connectivity index (χ1v) is 7.26. The number of amides is 1. The number of rotatable bonds is 10. The molecule has 0 heterocycles. The molecule has 0 bridgehead atoms. The molecule has 0 aliphatic rings. The van der Waals surface area contributed by atoms with E-state index in [1.807, 2.05) is 18.2 Å². The average Bonchev–Trinajstić information content (AvgIpc) is 2.51. The zero-order valence-corrected chi connectivity index (χ0v) is 13.1. The summed E-state index contributed by atoms with van der Waals surface area (Å²) in [6, 6.07) is 5.58. The highest BCUT2D eigenvalue weighted by molar-refractivity contribution is 5.76. The van der Waals surface area contributed by atoms with Crippen molar-refractivity contribution in [2.24, 2.45) is 0 Å². The smallest absolute Gasteiger partial charge is 0.303 e. The standard InChI is InChI=1S/C16H23NO5/c1-21-13-8-6-12(11-14(13)22-2)7-9-15(18)17-10-4-3-5-16(19)20/h6,8,11H,3-5,7,9-10H2,1-2H3,(H,17,18)(H,19,20). The van der Waals surface area contributed by atoms with Crippen LogP contribution in [0.25, 0.3) is 0 Å². The lowest BCUT2D eigenvalue weighted by molar-refractivity contribution is -0.137. The number of hydrogen-bond donors (Lipinski definition) is 2. The van der Waals surface area contributed by atoms with Crippen LogP contribution in [0.1, 0.15) is 31.2 Å². The Kier molecular flexibility index (Phi) is 7.81. The normalized spacial score (nSPS) is 10.1. The van der Waals surface area contributed by atoms with Crippen LogP contribution in [-0.2, 0) is 16.0 Å². The molecule has 0 atom stereocenters. The molecule has 0 aromatic heterocycles. The van der Waals surface area contributed by atoms with Gasteiger partial charge in [0.1, 0.15) is 0 Å². The lowest BCUT2D eigenvalue weighted by Crippen LogP contribution is -2.24. The van der Waals surface area contributed by atoms with Gasteiger partial charge in [0, 0.05) is 19.4 Å². The van der Waals surface area contributed by atoms with Crippen molar-refractivity contribution in [3.05, 3.63) is 23.8 Å². The maximum atomic E-state index is 11.7. The molecule has 6 heteroatoms. The SMILES string of the molecule is COc1ccc(CCC(=O)NCCCCC(=O)O)cc1OC. The number of carboxylic acid groups (broad SMARTS) is 1. The van der Waals surface area contributed by atoms with Crippen LogP contribution in [0.2, 0.25) is 0 Å². The first-order valence-electron chi connectivity index (χ1n) is 7.26. The van der Waals surface area contributed by atoms with Gasteiger partial charge in [0.2, 0.25) is 5.91 Å². The van der Waals surface area contributed by atoms with Crippen LogP contribution in [0.3, 0.4) is 0 Å². The molecule has 22 heavy (non-hydrogen) atoms. The second kappa shape index (κ2) is 9.65. The van der Waals surface area contributed by atoms with Crippen molar-refractivity contribution in [3.63, 3.8) is 0 Å². The van der Waals surface area contributed by atoms with Crippen LogP contribution in [0, 0.1) is 0 Å². The molecule has 1 aromatic rings. The summed E-state index contributed by atoms with van der Waals surface area (Å²) >= 11 is 0. The van der Waals surface area contributed by atoms with Gasteiger partial charge in [-0.15, -0.1) is 0 Å². The molecule has 6 nitrogen and oxygen atoms in total. The highest BCUT2D eigenvalue weighted by Crippen LogP contribution is 2.27. The van der Waals surface area contributed by atoms with Crippen molar-refractivity contribution in [1.29, 1.82) is 0 Å². The van der Waals surface area contributed by atoms with Gasteiger partial charge in [0.05, 0.1) is 14.2 Å². The third kappa shape index (κ3) is 6.47. The molecule has 1 aromatic carbocycles. The van der Waals surface area contributed by atoms with E-state index in [0.29, 0.717) is 43.7 Å². The summed E-state index contributed by atoms with van der Waals surface area (Å²) in [7, 11) is 3.15.